The van der Waals surface area contributed by atoms with E-state index in [-0.39, 0.29) is 40.4 Å². The van der Waals surface area contributed by atoms with Gasteiger partial charge in [-0.1, -0.05) is 13.8 Å². The number of carbonyl (C=O) groups is 1. The van der Waals surface area contributed by atoms with Crippen molar-refractivity contribution in [2.75, 3.05) is 11.9 Å². The van der Waals surface area contributed by atoms with Crippen LogP contribution in [0.3, 0.4) is 0 Å². The smallest absolute Gasteiger partial charge is 0.271 e. The summed E-state index contributed by atoms with van der Waals surface area (Å²) in [6, 6.07) is 2.33. The Morgan fingerprint density at radius 2 is 1.74 bits per heavy atom. The van der Waals surface area contributed by atoms with Gasteiger partial charge in [0.05, 0.1) is 16.9 Å². The second-order valence-corrected chi connectivity index (χ2v) is 8.50. The lowest BCUT2D eigenvalue weighted by Crippen LogP contribution is -2.31. The number of carbonyl (C=O) groups excluding carboxylic acids is 1. The van der Waals surface area contributed by atoms with E-state index in [9.17, 15) is 26.7 Å². The van der Waals surface area contributed by atoms with E-state index < -0.39 is 48.4 Å². The van der Waals surface area contributed by atoms with Crippen LogP contribution in [0.5, 0.6) is 0 Å². The van der Waals surface area contributed by atoms with Crippen LogP contribution in [0, 0.1) is 17.5 Å². The molecular weight excluding hydrogens is 471 g/mol. The van der Waals surface area contributed by atoms with E-state index in [1.54, 1.807) is 0 Å². The van der Waals surface area contributed by atoms with E-state index in [0.717, 1.165) is 0 Å². The molecule has 4 rings (SSSR count). The molecule has 1 aliphatic rings. The summed E-state index contributed by atoms with van der Waals surface area (Å²) in [6.07, 6.45) is 2.31. The van der Waals surface area contributed by atoms with Crippen LogP contribution in [0.4, 0.5) is 27.6 Å². The number of nitrogens with one attached hydrogen (secondary N) is 1. The lowest BCUT2D eigenvalue weighted by atomic mass is 9.97. The van der Waals surface area contributed by atoms with Crippen LogP contribution >= 0.6 is 0 Å². The van der Waals surface area contributed by atoms with E-state index in [4.69, 9.17) is 4.74 Å². The highest BCUT2D eigenvalue weighted by Gasteiger charge is 2.38. The third kappa shape index (κ3) is 5.29. The van der Waals surface area contributed by atoms with Crippen molar-refractivity contribution in [1.82, 2.24) is 15.0 Å². The molecule has 1 N–H and O–H groups in total. The highest BCUT2D eigenvalue weighted by Crippen LogP contribution is 2.41. The van der Waals surface area contributed by atoms with Crippen molar-refractivity contribution in [2.24, 2.45) is 0 Å². The number of rotatable bonds is 5. The number of amides is 1. The van der Waals surface area contributed by atoms with Crippen molar-refractivity contribution in [3.05, 3.63) is 71.3 Å². The average Bonchev–Trinajstić information content (AvgIpc) is 2.82. The topological polar surface area (TPSA) is 77.0 Å². The first-order valence-corrected chi connectivity index (χ1v) is 10.8. The van der Waals surface area contributed by atoms with Gasteiger partial charge in [-0.25, -0.2) is 31.9 Å². The number of alkyl halides is 2. The minimum atomic E-state index is -3.01. The number of nitrogens with zero attached hydrogens (tertiary/aromatic N) is 3. The zero-order valence-electron chi connectivity index (χ0n) is 18.8. The molecule has 3 aromatic rings. The van der Waals surface area contributed by atoms with Gasteiger partial charge in [0.15, 0.2) is 11.6 Å². The Morgan fingerprint density at radius 1 is 1.06 bits per heavy atom. The molecule has 0 radical (unpaired) electrons. The van der Waals surface area contributed by atoms with Crippen LogP contribution < -0.4 is 5.32 Å². The number of benzene rings is 1. The van der Waals surface area contributed by atoms with E-state index in [1.807, 2.05) is 13.8 Å². The molecule has 11 heteroatoms. The molecule has 0 spiro atoms. The fraction of sp³-hybridized carbons (Fsp3) is 0.333. The highest BCUT2D eigenvalue weighted by molar-refractivity contribution is 6.06. The van der Waals surface area contributed by atoms with Crippen LogP contribution in [-0.2, 0) is 4.74 Å². The third-order valence-electron chi connectivity index (χ3n) is 5.54. The summed E-state index contributed by atoms with van der Waals surface area (Å²) in [4.78, 5) is 25.5. The summed E-state index contributed by atoms with van der Waals surface area (Å²) in [5.41, 5.74) is -0.339. The van der Waals surface area contributed by atoms with Crippen molar-refractivity contribution in [1.29, 1.82) is 0 Å². The molecule has 3 heterocycles. The van der Waals surface area contributed by atoms with Crippen molar-refractivity contribution in [2.45, 2.75) is 44.6 Å². The van der Waals surface area contributed by atoms with Gasteiger partial charge in [-0.05, 0) is 18.6 Å². The largest absolute Gasteiger partial charge is 0.366 e. The number of hydrogen-bond acceptors (Lipinski definition) is 5. The monoisotopic (exact) mass is 492 g/mol. The van der Waals surface area contributed by atoms with Gasteiger partial charge in [0.25, 0.3) is 11.8 Å². The molecule has 1 fully saturated rings. The number of aromatic nitrogens is 3. The summed E-state index contributed by atoms with van der Waals surface area (Å²) in [7, 11) is 0. The molecule has 6 nitrogen and oxygen atoms in total. The first kappa shape index (κ1) is 24.6. The zero-order chi connectivity index (χ0) is 25.3. The van der Waals surface area contributed by atoms with Gasteiger partial charge < -0.3 is 10.1 Å². The van der Waals surface area contributed by atoms with Crippen LogP contribution in [-0.4, -0.2) is 33.4 Å². The molecule has 184 valence electrons. The van der Waals surface area contributed by atoms with Crippen LogP contribution in [0.15, 0.2) is 36.8 Å². The zero-order valence-corrected chi connectivity index (χ0v) is 18.8. The van der Waals surface area contributed by atoms with Gasteiger partial charge in [-0.3, -0.25) is 9.78 Å². The molecule has 0 saturated carbocycles. The van der Waals surface area contributed by atoms with E-state index in [1.165, 1.54) is 24.7 Å². The molecule has 0 unspecified atom stereocenters. The van der Waals surface area contributed by atoms with Crippen LogP contribution in [0.25, 0.3) is 11.1 Å². The predicted molar refractivity (Wildman–Crippen MR) is 116 cm³/mol. The molecule has 2 aromatic heterocycles. The minimum absolute atomic E-state index is 0.0274. The standard InChI is InChI=1S/C24H21F5N4O2/c1-12(2)22-31-9-13(10-32-22)23(34)33-20-14(15-7-17(26)18(27)8-16(15)25)4-6-30-21(20)19-3-5-24(28,29)11-35-19/h4,6-10,12,19H,3,5,11H2,1-2H3,(H,33,34)/t19-/m1/s1. The molecule has 1 saturated heterocycles. The third-order valence-corrected chi connectivity index (χ3v) is 5.54. The van der Waals surface area contributed by atoms with Crippen LogP contribution in [0.1, 0.15) is 60.6 Å². The number of anilines is 1. The summed E-state index contributed by atoms with van der Waals surface area (Å²) in [6.45, 7) is 2.90. The van der Waals surface area contributed by atoms with Crippen molar-refractivity contribution >= 4 is 11.6 Å². The number of ether oxygens (including phenoxy) is 1. The number of hydrogen-bond donors (Lipinski definition) is 1. The first-order chi connectivity index (χ1) is 16.6. The second kappa shape index (κ2) is 9.65. The molecule has 35 heavy (non-hydrogen) atoms. The minimum Gasteiger partial charge on any atom is -0.366 e. The number of halogens is 5. The maximum atomic E-state index is 14.7. The Bertz CT molecular complexity index is 1240. The quantitative estimate of drug-likeness (QED) is 0.359. The molecule has 1 aliphatic heterocycles. The summed E-state index contributed by atoms with van der Waals surface area (Å²) in [5.74, 6) is -6.93. The van der Waals surface area contributed by atoms with Crippen molar-refractivity contribution in [3.8, 4) is 11.1 Å². The van der Waals surface area contributed by atoms with Gasteiger partial charge in [-0.2, -0.15) is 0 Å². The van der Waals surface area contributed by atoms with Gasteiger partial charge in [0.2, 0.25) is 0 Å². The first-order valence-electron chi connectivity index (χ1n) is 10.8. The highest BCUT2D eigenvalue weighted by atomic mass is 19.3. The lowest BCUT2D eigenvalue weighted by Gasteiger charge is -2.30. The van der Waals surface area contributed by atoms with E-state index in [2.05, 4.69) is 20.3 Å². The Hall–Kier alpha value is -3.47. The molecule has 1 aromatic carbocycles. The lowest BCUT2D eigenvalue weighted by molar-refractivity contribution is -0.146. The Kier molecular flexibility index (Phi) is 6.79. The Morgan fingerprint density at radius 3 is 2.37 bits per heavy atom. The molecule has 1 amide bonds. The fourth-order valence-electron chi connectivity index (χ4n) is 3.68. The summed E-state index contributed by atoms with van der Waals surface area (Å²) < 4.78 is 74.8. The molecule has 1 atom stereocenters. The van der Waals surface area contributed by atoms with Gasteiger partial charge in [0.1, 0.15) is 24.4 Å². The maximum absolute atomic E-state index is 14.7. The maximum Gasteiger partial charge on any atom is 0.271 e. The normalized spacial score (nSPS) is 17.4. The van der Waals surface area contributed by atoms with Crippen molar-refractivity contribution < 1.29 is 31.5 Å². The summed E-state index contributed by atoms with van der Waals surface area (Å²) >= 11 is 0. The Balaban J connectivity index is 1.78. The van der Waals surface area contributed by atoms with Crippen molar-refractivity contribution in [3.63, 3.8) is 0 Å². The van der Waals surface area contributed by atoms with Gasteiger partial charge in [-0.15, -0.1) is 0 Å². The average molecular weight is 492 g/mol. The molecule has 0 bridgehead atoms. The van der Waals surface area contributed by atoms with E-state index in [0.29, 0.717) is 18.0 Å². The number of pyridine rings is 1. The molecule has 0 aliphatic carbocycles. The predicted octanol–water partition coefficient (Wildman–Crippen LogP) is 5.82. The van der Waals surface area contributed by atoms with E-state index >= 15 is 0 Å². The SMILES string of the molecule is CC(C)c1ncc(C(=O)Nc2c(-c3cc(F)c(F)cc3F)ccnc2[C@H]2CCC(F)(F)CO2)cn1. The van der Waals surface area contributed by atoms with Gasteiger partial charge >= 0.3 is 0 Å². The van der Waals surface area contributed by atoms with Crippen LogP contribution in [0.2, 0.25) is 0 Å². The summed E-state index contributed by atoms with van der Waals surface area (Å²) in [5, 5.41) is 2.59. The second-order valence-electron chi connectivity index (χ2n) is 8.50. The molecular formula is C24H21F5N4O2. The fourth-order valence-corrected chi connectivity index (χ4v) is 3.68. The van der Waals surface area contributed by atoms with Gasteiger partial charge in [0, 0.05) is 48.1 Å². The Labute approximate surface area is 197 Å².